The zero-order chi connectivity index (χ0) is 11.8. The molecule has 1 nitrogen and oxygen atoms in total. The first-order valence-corrected chi connectivity index (χ1v) is 6.90. The van der Waals surface area contributed by atoms with Gasteiger partial charge in [-0.25, -0.2) is 0 Å². The van der Waals surface area contributed by atoms with Gasteiger partial charge in [0.1, 0.15) is 0 Å². The maximum Gasteiger partial charge on any atom is 0.00925 e. The SMILES string of the molecule is CC.CCC1CC(C)C(NC)CC1CC. The van der Waals surface area contributed by atoms with Gasteiger partial charge in [0.05, 0.1) is 0 Å². The fraction of sp³-hybridized carbons (Fsp3) is 1.00. The Kier molecular flexibility index (Phi) is 8.13. The summed E-state index contributed by atoms with van der Waals surface area (Å²) < 4.78 is 0. The van der Waals surface area contributed by atoms with Crippen molar-refractivity contribution in [3.8, 4) is 0 Å². The van der Waals surface area contributed by atoms with Crippen LogP contribution in [-0.4, -0.2) is 13.1 Å². The van der Waals surface area contributed by atoms with Crippen molar-refractivity contribution in [2.24, 2.45) is 17.8 Å². The lowest BCUT2D eigenvalue weighted by atomic mass is 9.70. The smallest absolute Gasteiger partial charge is 0.00925 e. The van der Waals surface area contributed by atoms with E-state index in [1.165, 1.54) is 25.7 Å². The van der Waals surface area contributed by atoms with E-state index in [9.17, 15) is 0 Å². The molecule has 1 aliphatic carbocycles. The molecule has 0 spiro atoms. The molecule has 1 aliphatic rings. The average molecular weight is 213 g/mol. The summed E-state index contributed by atoms with van der Waals surface area (Å²) in [7, 11) is 2.11. The third kappa shape index (κ3) is 4.14. The zero-order valence-electron chi connectivity index (χ0n) is 11.6. The van der Waals surface area contributed by atoms with E-state index < -0.39 is 0 Å². The fourth-order valence-electron chi connectivity index (χ4n) is 2.99. The van der Waals surface area contributed by atoms with Crippen molar-refractivity contribution in [1.82, 2.24) is 5.32 Å². The predicted octanol–water partition coefficient (Wildman–Crippen LogP) is 4.08. The molecule has 4 unspecified atom stereocenters. The van der Waals surface area contributed by atoms with E-state index in [4.69, 9.17) is 0 Å². The molecular weight excluding hydrogens is 182 g/mol. The Balaban J connectivity index is 0.000000921. The number of hydrogen-bond donors (Lipinski definition) is 1. The van der Waals surface area contributed by atoms with Crippen molar-refractivity contribution < 1.29 is 0 Å². The summed E-state index contributed by atoms with van der Waals surface area (Å²) in [6, 6.07) is 0.771. The number of rotatable bonds is 3. The Bertz CT molecular complexity index is 144. The van der Waals surface area contributed by atoms with Gasteiger partial charge < -0.3 is 5.32 Å². The minimum absolute atomic E-state index is 0.771. The summed E-state index contributed by atoms with van der Waals surface area (Å²) in [5.41, 5.74) is 0. The highest BCUT2D eigenvalue weighted by molar-refractivity contribution is 4.86. The van der Waals surface area contributed by atoms with Crippen LogP contribution in [0.2, 0.25) is 0 Å². The molecule has 0 bridgehead atoms. The average Bonchev–Trinajstić information content (AvgIpc) is 2.31. The maximum absolute atomic E-state index is 3.46. The van der Waals surface area contributed by atoms with Crippen LogP contribution in [0.15, 0.2) is 0 Å². The van der Waals surface area contributed by atoms with Crippen molar-refractivity contribution in [3.05, 3.63) is 0 Å². The van der Waals surface area contributed by atoms with Gasteiger partial charge in [0, 0.05) is 6.04 Å². The highest BCUT2D eigenvalue weighted by Gasteiger charge is 2.31. The second-order valence-electron chi connectivity index (χ2n) is 4.68. The molecule has 0 aromatic carbocycles. The highest BCUT2D eigenvalue weighted by atomic mass is 14.9. The minimum Gasteiger partial charge on any atom is -0.317 e. The lowest BCUT2D eigenvalue weighted by molar-refractivity contribution is 0.141. The molecule has 92 valence electrons. The van der Waals surface area contributed by atoms with Crippen LogP contribution in [0.3, 0.4) is 0 Å². The van der Waals surface area contributed by atoms with Crippen molar-refractivity contribution in [1.29, 1.82) is 0 Å². The van der Waals surface area contributed by atoms with E-state index in [0.717, 1.165) is 23.8 Å². The molecule has 0 saturated heterocycles. The molecule has 1 fully saturated rings. The van der Waals surface area contributed by atoms with Gasteiger partial charge in [-0.2, -0.15) is 0 Å². The van der Waals surface area contributed by atoms with Crippen LogP contribution in [0, 0.1) is 17.8 Å². The summed E-state index contributed by atoms with van der Waals surface area (Å²) in [6.07, 6.45) is 5.57. The third-order valence-corrected chi connectivity index (χ3v) is 4.00. The van der Waals surface area contributed by atoms with E-state index in [2.05, 4.69) is 33.1 Å². The van der Waals surface area contributed by atoms with Crippen LogP contribution in [-0.2, 0) is 0 Å². The van der Waals surface area contributed by atoms with Crippen LogP contribution < -0.4 is 5.32 Å². The van der Waals surface area contributed by atoms with Crippen LogP contribution in [0.4, 0.5) is 0 Å². The Hall–Kier alpha value is -0.0400. The second kappa shape index (κ2) is 8.15. The first-order valence-electron chi connectivity index (χ1n) is 6.90. The quantitative estimate of drug-likeness (QED) is 0.745. The van der Waals surface area contributed by atoms with E-state index >= 15 is 0 Å². The number of nitrogens with one attached hydrogen (secondary N) is 1. The Morgan fingerprint density at radius 1 is 1.00 bits per heavy atom. The van der Waals surface area contributed by atoms with Crippen molar-refractivity contribution in [2.75, 3.05) is 7.05 Å². The molecule has 0 aromatic heterocycles. The van der Waals surface area contributed by atoms with Crippen LogP contribution in [0.25, 0.3) is 0 Å². The van der Waals surface area contributed by atoms with Crippen LogP contribution in [0.1, 0.15) is 60.3 Å². The molecule has 1 N–H and O–H groups in total. The Morgan fingerprint density at radius 3 is 1.87 bits per heavy atom. The van der Waals surface area contributed by atoms with Gasteiger partial charge in [0.2, 0.25) is 0 Å². The second-order valence-corrected chi connectivity index (χ2v) is 4.68. The lowest BCUT2D eigenvalue weighted by Crippen LogP contribution is -2.41. The van der Waals surface area contributed by atoms with Crippen LogP contribution >= 0.6 is 0 Å². The molecule has 1 rings (SSSR count). The summed E-state index contributed by atoms with van der Waals surface area (Å²) in [5, 5.41) is 3.46. The summed E-state index contributed by atoms with van der Waals surface area (Å²) in [6.45, 7) is 11.1. The van der Waals surface area contributed by atoms with Crippen molar-refractivity contribution in [2.45, 2.75) is 66.3 Å². The molecule has 15 heavy (non-hydrogen) atoms. The summed E-state index contributed by atoms with van der Waals surface area (Å²) in [4.78, 5) is 0. The standard InChI is InChI=1S/C12H25N.C2H6/c1-5-10-7-9(3)12(13-4)8-11(10)6-2;1-2/h9-13H,5-8H2,1-4H3;1-2H3. The van der Waals surface area contributed by atoms with Crippen LogP contribution in [0.5, 0.6) is 0 Å². The van der Waals surface area contributed by atoms with E-state index in [1.54, 1.807) is 0 Å². The zero-order valence-corrected chi connectivity index (χ0v) is 11.6. The topological polar surface area (TPSA) is 12.0 Å². The highest BCUT2D eigenvalue weighted by Crippen LogP contribution is 2.37. The largest absolute Gasteiger partial charge is 0.317 e. The number of hydrogen-bond acceptors (Lipinski definition) is 1. The lowest BCUT2D eigenvalue weighted by Gasteiger charge is -2.39. The molecule has 4 atom stereocenters. The molecule has 1 saturated carbocycles. The third-order valence-electron chi connectivity index (χ3n) is 4.00. The first kappa shape index (κ1) is 15.0. The van der Waals surface area contributed by atoms with Gasteiger partial charge in [-0.15, -0.1) is 0 Å². The minimum atomic E-state index is 0.771. The molecule has 0 amide bonds. The van der Waals surface area contributed by atoms with Gasteiger partial charge in [0.25, 0.3) is 0 Å². The molecular formula is C14H31N. The molecule has 0 aliphatic heterocycles. The van der Waals surface area contributed by atoms with Crippen molar-refractivity contribution in [3.63, 3.8) is 0 Å². The molecule has 0 aromatic rings. The van der Waals surface area contributed by atoms with E-state index in [-0.39, 0.29) is 0 Å². The Morgan fingerprint density at radius 2 is 1.47 bits per heavy atom. The van der Waals surface area contributed by atoms with E-state index in [0.29, 0.717) is 0 Å². The monoisotopic (exact) mass is 213 g/mol. The first-order chi connectivity index (χ1) is 7.22. The predicted molar refractivity (Wildman–Crippen MR) is 70.2 cm³/mol. The van der Waals surface area contributed by atoms with Crippen molar-refractivity contribution >= 4 is 0 Å². The van der Waals surface area contributed by atoms with E-state index in [1.807, 2.05) is 13.8 Å². The van der Waals surface area contributed by atoms with Gasteiger partial charge in [0.15, 0.2) is 0 Å². The summed E-state index contributed by atoms with van der Waals surface area (Å²) in [5.74, 6) is 2.83. The molecule has 0 heterocycles. The Labute approximate surface area is 97.0 Å². The fourth-order valence-corrected chi connectivity index (χ4v) is 2.99. The molecule has 0 radical (unpaired) electrons. The molecule has 1 heteroatoms. The van der Waals surface area contributed by atoms with Gasteiger partial charge in [-0.1, -0.05) is 47.5 Å². The summed E-state index contributed by atoms with van der Waals surface area (Å²) >= 11 is 0. The normalized spacial score (nSPS) is 35.6. The van der Waals surface area contributed by atoms with Gasteiger partial charge in [-0.3, -0.25) is 0 Å². The van der Waals surface area contributed by atoms with Gasteiger partial charge in [-0.05, 0) is 37.6 Å². The maximum atomic E-state index is 3.46. The van der Waals surface area contributed by atoms with Gasteiger partial charge >= 0.3 is 0 Å².